The lowest BCUT2D eigenvalue weighted by Crippen LogP contribution is -2.39. The minimum atomic E-state index is -3.35. The van der Waals surface area contributed by atoms with Crippen molar-refractivity contribution in [2.24, 2.45) is 0 Å². The van der Waals surface area contributed by atoms with Crippen molar-refractivity contribution in [3.05, 3.63) is 0 Å². The van der Waals surface area contributed by atoms with Gasteiger partial charge < -0.3 is 9.47 Å². The van der Waals surface area contributed by atoms with Crippen LogP contribution in [0.3, 0.4) is 0 Å². The molecule has 0 saturated carbocycles. The van der Waals surface area contributed by atoms with Gasteiger partial charge in [-0.25, -0.2) is 13.1 Å². The summed E-state index contributed by atoms with van der Waals surface area (Å²) in [7, 11) is -3.35. The molecule has 7 heteroatoms. The second-order valence-electron chi connectivity index (χ2n) is 12.2. The summed E-state index contributed by atoms with van der Waals surface area (Å²) in [6, 6.07) is -0.287. The molecule has 0 saturated heterocycles. The van der Waals surface area contributed by atoms with Gasteiger partial charge in [0.05, 0.1) is 19.0 Å². The van der Waals surface area contributed by atoms with Gasteiger partial charge in [-0.1, -0.05) is 136 Å². The van der Waals surface area contributed by atoms with Crippen LogP contribution in [0.25, 0.3) is 0 Å². The van der Waals surface area contributed by atoms with Gasteiger partial charge >= 0.3 is 5.97 Å². The maximum Gasteiger partial charge on any atom is 0.306 e. The molecule has 2 atom stereocenters. The highest BCUT2D eigenvalue weighted by atomic mass is 32.2. The van der Waals surface area contributed by atoms with Crippen molar-refractivity contribution >= 4 is 16.0 Å². The monoisotopic (exact) mass is 647 g/mol. The van der Waals surface area contributed by atoms with Crippen molar-refractivity contribution in [1.29, 1.82) is 0 Å². The summed E-state index contributed by atoms with van der Waals surface area (Å²) in [6.45, 7) is 7.01. The Morgan fingerprint density at radius 2 is 1.27 bits per heavy atom. The van der Waals surface area contributed by atoms with Crippen molar-refractivity contribution in [1.82, 2.24) is 4.72 Å². The van der Waals surface area contributed by atoms with E-state index in [0.29, 0.717) is 38.7 Å². The van der Waals surface area contributed by atoms with E-state index < -0.39 is 16.1 Å². The molecule has 0 aromatic heterocycles. The predicted molar refractivity (Wildman–Crippen MR) is 189 cm³/mol. The molecule has 0 heterocycles. The SMILES string of the molecule is C#CC#CC#CCC(CCOCC(CC)NS(=O)(=O)CCCCCCCCCCCC)OC(=O)CCCCCCCCCCC. The molecule has 6 nitrogen and oxygen atoms in total. The van der Waals surface area contributed by atoms with E-state index >= 15 is 0 Å². The molecule has 0 aromatic rings. The highest BCUT2D eigenvalue weighted by Gasteiger charge is 2.18. The standard InChI is InChI=1S/C38H65NO5S/c1-5-9-12-15-17-19-21-23-26-29-34-45(41,42)39-36(8-4)35-43-33-32-37(30-27-24-14-11-7-3)44-38(40)31-28-25-22-20-18-16-13-10-6-2/h3,36-37,39H,5-6,8-10,12-13,15-23,25-26,28-35H2,1-2,4H3. The lowest BCUT2D eigenvalue weighted by Gasteiger charge is -2.19. The van der Waals surface area contributed by atoms with Crippen molar-refractivity contribution in [3.8, 4) is 36.0 Å². The minimum absolute atomic E-state index is 0.151. The molecule has 0 spiro atoms. The fourth-order valence-electron chi connectivity index (χ4n) is 5.07. The summed E-state index contributed by atoms with van der Waals surface area (Å²) in [5.41, 5.74) is 0. The molecule has 45 heavy (non-hydrogen) atoms. The zero-order valence-corrected chi connectivity index (χ0v) is 29.9. The number of sulfonamides is 1. The summed E-state index contributed by atoms with van der Waals surface area (Å²) < 4.78 is 39.6. The van der Waals surface area contributed by atoms with Gasteiger partial charge in [0.25, 0.3) is 0 Å². The zero-order valence-electron chi connectivity index (χ0n) is 29.1. The quantitative estimate of drug-likeness (QED) is 0.0462. The van der Waals surface area contributed by atoms with Crippen LogP contribution < -0.4 is 4.72 Å². The van der Waals surface area contributed by atoms with Crippen LogP contribution in [-0.4, -0.2) is 45.5 Å². The van der Waals surface area contributed by atoms with Gasteiger partial charge in [-0.2, -0.15) is 0 Å². The number of carbonyl (C=O) groups is 1. The highest BCUT2D eigenvalue weighted by molar-refractivity contribution is 7.89. The van der Waals surface area contributed by atoms with Gasteiger partial charge in [0, 0.05) is 25.3 Å². The third-order valence-electron chi connectivity index (χ3n) is 7.91. The molecule has 0 rings (SSSR count). The largest absolute Gasteiger partial charge is 0.461 e. The molecule has 0 bridgehead atoms. The number of hydrogen-bond donors (Lipinski definition) is 1. The second kappa shape index (κ2) is 32.0. The maximum absolute atomic E-state index is 12.6. The van der Waals surface area contributed by atoms with Gasteiger partial charge in [-0.15, -0.1) is 6.42 Å². The second-order valence-corrected chi connectivity index (χ2v) is 14.1. The molecule has 0 amide bonds. The molecule has 2 unspecified atom stereocenters. The number of terminal acetylenes is 1. The first-order valence-corrected chi connectivity index (χ1v) is 19.7. The lowest BCUT2D eigenvalue weighted by molar-refractivity contribution is -0.149. The predicted octanol–water partition coefficient (Wildman–Crippen LogP) is 8.87. The normalized spacial score (nSPS) is 12.3. The number of nitrogens with one attached hydrogen (secondary N) is 1. The van der Waals surface area contributed by atoms with Crippen LogP contribution in [-0.2, 0) is 24.3 Å². The van der Waals surface area contributed by atoms with Crippen molar-refractivity contribution < 1.29 is 22.7 Å². The lowest BCUT2D eigenvalue weighted by atomic mass is 10.1. The van der Waals surface area contributed by atoms with Gasteiger partial charge in [0.1, 0.15) is 6.10 Å². The first-order chi connectivity index (χ1) is 21.9. The van der Waals surface area contributed by atoms with E-state index in [1.807, 2.05) is 6.92 Å². The summed E-state index contributed by atoms with van der Waals surface area (Å²) in [6.07, 6.45) is 28.9. The van der Waals surface area contributed by atoms with Gasteiger partial charge in [-0.05, 0) is 42.9 Å². The van der Waals surface area contributed by atoms with Gasteiger partial charge in [0.15, 0.2) is 0 Å². The van der Waals surface area contributed by atoms with Crippen LogP contribution in [0.5, 0.6) is 0 Å². The van der Waals surface area contributed by atoms with Crippen LogP contribution in [0.2, 0.25) is 0 Å². The first-order valence-electron chi connectivity index (χ1n) is 18.1. The van der Waals surface area contributed by atoms with E-state index in [0.717, 1.165) is 32.1 Å². The van der Waals surface area contributed by atoms with E-state index in [-0.39, 0.29) is 24.4 Å². The summed E-state index contributed by atoms with van der Waals surface area (Å²) in [4.78, 5) is 12.5. The Morgan fingerprint density at radius 3 is 1.80 bits per heavy atom. The Labute approximate surface area is 278 Å². The van der Waals surface area contributed by atoms with Crippen molar-refractivity contribution in [3.63, 3.8) is 0 Å². The average molecular weight is 648 g/mol. The van der Waals surface area contributed by atoms with Crippen molar-refractivity contribution in [2.75, 3.05) is 19.0 Å². The topological polar surface area (TPSA) is 81.7 Å². The van der Waals surface area contributed by atoms with Gasteiger partial charge in [-0.3, -0.25) is 4.79 Å². The molecule has 1 N–H and O–H groups in total. The van der Waals surface area contributed by atoms with Crippen LogP contribution in [0.1, 0.15) is 168 Å². The van der Waals surface area contributed by atoms with E-state index in [1.54, 1.807) is 0 Å². The summed E-state index contributed by atoms with van der Waals surface area (Å²) >= 11 is 0. The molecule has 0 aliphatic heterocycles. The van der Waals surface area contributed by atoms with E-state index in [1.165, 1.54) is 83.5 Å². The van der Waals surface area contributed by atoms with Crippen LogP contribution in [0.15, 0.2) is 0 Å². The van der Waals surface area contributed by atoms with Crippen LogP contribution in [0.4, 0.5) is 0 Å². The summed E-state index contributed by atoms with van der Waals surface area (Å²) in [5.74, 6) is 12.8. The fourth-order valence-corrected chi connectivity index (χ4v) is 6.52. The molecule has 0 radical (unpaired) electrons. The first kappa shape index (κ1) is 43.0. The average Bonchev–Trinajstić information content (AvgIpc) is 3.02. The zero-order chi connectivity index (χ0) is 33.3. The molecular weight excluding hydrogens is 582 g/mol. The third kappa shape index (κ3) is 30.4. The Balaban J connectivity index is 4.41. The number of ether oxygens (including phenoxy) is 2. The fraction of sp³-hybridized carbons (Fsp3) is 0.816. The third-order valence-corrected chi connectivity index (χ3v) is 9.43. The maximum atomic E-state index is 12.6. The Morgan fingerprint density at radius 1 is 0.733 bits per heavy atom. The number of hydrogen-bond acceptors (Lipinski definition) is 5. The number of esters is 1. The van der Waals surface area contributed by atoms with Gasteiger partial charge in [0.2, 0.25) is 10.0 Å². The van der Waals surface area contributed by atoms with Crippen LogP contribution in [0, 0.1) is 36.0 Å². The van der Waals surface area contributed by atoms with E-state index in [4.69, 9.17) is 15.9 Å². The summed E-state index contributed by atoms with van der Waals surface area (Å²) in [5, 5.41) is 0. The molecule has 0 aliphatic carbocycles. The van der Waals surface area contributed by atoms with E-state index in [2.05, 4.69) is 48.2 Å². The smallest absolute Gasteiger partial charge is 0.306 e. The Kier molecular flexibility index (Phi) is 30.6. The molecule has 0 fully saturated rings. The van der Waals surface area contributed by atoms with Crippen molar-refractivity contribution in [2.45, 2.75) is 181 Å². The Bertz CT molecular complexity index is 980. The molecular formula is C38H65NO5S. The molecule has 0 aromatic carbocycles. The van der Waals surface area contributed by atoms with E-state index in [9.17, 15) is 13.2 Å². The highest BCUT2D eigenvalue weighted by Crippen LogP contribution is 2.13. The number of rotatable bonds is 31. The molecule has 258 valence electrons. The number of carbonyl (C=O) groups excluding carboxylic acids is 1. The Hall–Kier alpha value is -1.98. The minimum Gasteiger partial charge on any atom is -0.461 e. The molecule has 0 aliphatic rings. The van der Waals surface area contributed by atoms with Crippen LogP contribution >= 0.6 is 0 Å². The number of unbranched alkanes of at least 4 members (excludes halogenated alkanes) is 17.